The minimum absolute atomic E-state index is 0.236. The van der Waals surface area contributed by atoms with E-state index in [-0.39, 0.29) is 5.91 Å². The summed E-state index contributed by atoms with van der Waals surface area (Å²) >= 11 is 12.0. The molecule has 0 aliphatic carbocycles. The molecule has 148 valence electrons. The van der Waals surface area contributed by atoms with E-state index in [0.717, 1.165) is 48.6 Å². The second kappa shape index (κ2) is 8.80. The predicted octanol–water partition coefficient (Wildman–Crippen LogP) is 5.63. The van der Waals surface area contributed by atoms with Crippen molar-refractivity contribution in [2.24, 2.45) is 0 Å². The molecule has 2 heterocycles. The van der Waals surface area contributed by atoms with Gasteiger partial charge in [-0.25, -0.2) is 0 Å². The van der Waals surface area contributed by atoms with Gasteiger partial charge in [-0.3, -0.25) is 4.79 Å². The van der Waals surface area contributed by atoms with Gasteiger partial charge in [0.1, 0.15) is 5.82 Å². The number of carbonyl (C=O) groups is 1. The van der Waals surface area contributed by atoms with Gasteiger partial charge in [0.2, 0.25) is 5.91 Å². The third kappa shape index (κ3) is 4.69. The number of aryl methyl sites for hydroxylation is 1. The van der Waals surface area contributed by atoms with Crippen molar-refractivity contribution in [2.75, 3.05) is 5.32 Å². The molecule has 1 amide bonds. The lowest BCUT2D eigenvalue weighted by Crippen LogP contribution is -2.07. The summed E-state index contributed by atoms with van der Waals surface area (Å²) in [6.07, 6.45) is 7.62. The van der Waals surface area contributed by atoms with Crippen LogP contribution in [-0.4, -0.2) is 20.7 Å². The molecule has 4 rings (SSSR count). The summed E-state index contributed by atoms with van der Waals surface area (Å²) in [5.74, 6) is 1.71. The van der Waals surface area contributed by atoms with E-state index in [2.05, 4.69) is 20.1 Å². The maximum atomic E-state index is 12.2. The number of rotatable bonds is 4. The van der Waals surface area contributed by atoms with E-state index in [1.807, 2.05) is 24.3 Å². The van der Waals surface area contributed by atoms with E-state index in [0.29, 0.717) is 15.7 Å². The van der Waals surface area contributed by atoms with E-state index >= 15 is 0 Å². The van der Waals surface area contributed by atoms with Crippen LogP contribution in [0.15, 0.2) is 48.5 Å². The maximum Gasteiger partial charge on any atom is 0.248 e. The van der Waals surface area contributed by atoms with E-state index < -0.39 is 0 Å². The number of fused-ring (bicyclic) bond motifs is 1. The van der Waals surface area contributed by atoms with Gasteiger partial charge in [0.25, 0.3) is 0 Å². The summed E-state index contributed by atoms with van der Waals surface area (Å²) < 4.78 is 2.21. The Morgan fingerprint density at radius 3 is 2.66 bits per heavy atom. The minimum Gasteiger partial charge on any atom is -0.323 e. The fraction of sp³-hybridized carbons (Fsp3) is 0.227. The van der Waals surface area contributed by atoms with Gasteiger partial charge in [-0.2, -0.15) is 0 Å². The Labute approximate surface area is 179 Å². The zero-order chi connectivity index (χ0) is 20.2. The highest BCUT2D eigenvalue weighted by Crippen LogP contribution is 2.24. The Kier molecular flexibility index (Phi) is 5.97. The van der Waals surface area contributed by atoms with E-state index in [4.69, 9.17) is 23.2 Å². The highest BCUT2D eigenvalue weighted by Gasteiger charge is 2.15. The molecule has 2 aromatic carbocycles. The molecule has 0 bridgehead atoms. The van der Waals surface area contributed by atoms with Crippen molar-refractivity contribution < 1.29 is 4.79 Å². The van der Waals surface area contributed by atoms with Crippen LogP contribution < -0.4 is 5.32 Å². The standard InChI is InChI=1S/C22H20Cl2N4O/c23-17-9-5-15(19(24)14-17)8-12-21(29)25-18-10-6-16(7-11-18)22-27-26-20-4-2-1-3-13-28(20)22/h5-12,14H,1-4,13H2,(H,25,29). The molecule has 1 aliphatic rings. The number of nitrogens with zero attached hydrogens (tertiary/aromatic N) is 3. The molecule has 1 aromatic heterocycles. The Bertz CT molecular complexity index is 1060. The number of carbonyl (C=O) groups excluding carboxylic acids is 1. The Balaban J connectivity index is 1.44. The van der Waals surface area contributed by atoms with Crippen LogP contribution in [0.4, 0.5) is 5.69 Å². The molecule has 3 aromatic rings. The Morgan fingerprint density at radius 1 is 1.03 bits per heavy atom. The number of benzene rings is 2. The normalized spacial score (nSPS) is 13.9. The fourth-order valence-corrected chi connectivity index (χ4v) is 3.86. The molecule has 1 N–H and O–H groups in total. The van der Waals surface area contributed by atoms with Crippen molar-refractivity contribution in [1.29, 1.82) is 0 Å². The first-order valence-corrected chi connectivity index (χ1v) is 10.3. The van der Waals surface area contributed by atoms with E-state index in [9.17, 15) is 4.79 Å². The number of nitrogens with one attached hydrogen (secondary N) is 1. The summed E-state index contributed by atoms with van der Waals surface area (Å²) in [6, 6.07) is 12.8. The van der Waals surface area contributed by atoms with Gasteiger partial charge in [-0.05, 0) is 60.9 Å². The molecule has 0 radical (unpaired) electrons. The van der Waals surface area contributed by atoms with Crippen molar-refractivity contribution in [1.82, 2.24) is 14.8 Å². The van der Waals surface area contributed by atoms with Gasteiger partial charge in [-0.1, -0.05) is 35.7 Å². The van der Waals surface area contributed by atoms with Gasteiger partial charge in [0, 0.05) is 40.3 Å². The van der Waals surface area contributed by atoms with Gasteiger partial charge in [0.15, 0.2) is 5.82 Å². The summed E-state index contributed by atoms with van der Waals surface area (Å²) in [5, 5.41) is 12.6. The van der Waals surface area contributed by atoms with Crippen molar-refractivity contribution >= 4 is 40.9 Å². The lowest BCUT2D eigenvalue weighted by Gasteiger charge is -2.08. The van der Waals surface area contributed by atoms with Crippen LogP contribution in [0, 0.1) is 0 Å². The van der Waals surface area contributed by atoms with E-state index in [1.165, 1.54) is 12.5 Å². The van der Waals surface area contributed by atoms with Crippen LogP contribution in [0.2, 0.25) is 10.0 Å². The molecule has 0 unspecified atom stereocenters. The molecular formula is C22H20Cl2N4O. The Morgan fingerprint density at radius 2 is 1.86 bits per heavy atom. The van der Waals surface area contributed by atoms with Crippen molar-refractivity contribution in [3.05, 3.63) is 70.0 Å². The number of hydrogen-bond donors (Lipinski definition) is 1. The van der Waals surface area contributed by atoms with Gasteiger partial charge in [0.05, 0.1) is 0 Å². The lowest BCUT2D eigenvalue weighted by molar-refractivity contribution is -0.111. The van der Waals surface area contributed by atoms with Crippen LogP contribution >= 0.6 is 23.2 Å². The summed E-state index contributed by atoms with van der Waals surface area (Å²) in [7, 11) is 0. The van der Waals surface area contributed by atoms with Crippen LogP contribution in [-0.2, 0) is 17.8 Å². The molecule has 0 saturated carbocycles. The third-order valence-electron chi connectivity index (χ3n) is 4.90. The number of amides is 1. The SMILES string of the molecule is O=C(C=Cc1ccc(Cl)cc1Cl)Nc1ccc(-c2nnc3n2CCCCC3)cc1. The lowest BCUT2D eigenvalue weighted by atomic mass is 10.2. The molecule has 7 heteroatoms. The van der Waals surface area contributed by atoms with Crippen molar-refractivity contribution in [2.45, 2.75) is 32.2 Å². The smallest absolute Gasteiger partial charge is 0.248 e. The zero-order valence-corrected chi connectivity index (χ0v) is 17.2. The van der Waals surface area contributed by atoms with Crippen molar-refractivity contribution in [3.63, 3.8) is 0 Å². The van der Waals surface area contributed by atoms with Crippen LogP contribution in [0.5, 0.6) is 0 Å². The molecule has 1 aliphatic heterocycles. The topological polar surface area (TPSA) is 59.8 Å². The first kappa shape index (κ1) is 19.7. The number of hydrogen-bond acceptors (Lipinski definition) is 3. The first-order valence-electron chi connectivity index (χ1n) is 9.57. The van der Waals surface area contributed by atoms with E-state index in [1.54, 1.807) is 24.3 Å². The average molecular weight is 427 g/mol. The fourth-order valence-electron chi connectivity index (χ4n) is 3.39. The highest BCUT2D eigenvalue weighted by atomic mass is 35.5. The second-order valence-electron chi connectivity index (χ2n) is 6.97. The molecule has 29 heavy (non-hydrogen) atoms. The molecule has 0 fully saturated rings. The monoisotopic (exact) mass is 426 g/mol. The predicted molar refractivity (Wildman–Crippen MR) is 117 cm³/mol. The molecule has 0 saturated heterocycles. The maximum absolute atomic E-state index is 12.2. The molecule has 0 spiro atoms. The molecule has 5 nitrogen and oxygen atoms in total. The van der Waals surface area contributed by atoms with Crippen LogP contribution in [0.1, 0.15) is 30.7 Å². The largest absolute Gasteiger partial charge is 0.323 e. The summed E-state index contributed by atoms with van der Waals surface area (Å²) in [5.41, 5.74) is 2.43. The number of anilines is 1. The van der Waals surface area contributed by atoms with Gasteiger partial charge in [-0.15, -0.1) is 10.2 Å². The molecule has 0 atom stereocenters. The van der Waals surface area contributed by atoms with Gasteiger partial charge < -0.3 is 9.88 Å². The summed E-state index contributed by atoms with van der Waals surface area (Å²) in [6.45, 7) is 0.953. The second-order valence-corrected chi connectivity index (χ2v) is 7.81. The highest BCUT2D eigenvalue weighted by molar-refractivity contribution is 6.35. The third-order valence-corrected chi connectivity index (χ3v) is 5.46. The quantitative estimate of drug-likeness (QED) is 0.549. The van der Waals surface area contributed by atoms with Crippen LogP contribution in [0.25, 0.3) is 17.5 Å². The number of halogens is 2. The summed E-state index contributed by atoms with van der Waals surface area (Å²) in [4.78, 5) is 12.2. The minimum atomic E-state index is -0.236. The first-order chi connectivity index (χ1) is 14.1. The number of aromatic nitrogens is 3. The van der Waals surface area contributed by atoms with Gasteiger partial charge >= 0.3 is 0 Å². The zero-order valence-electron chi connectivity index (χ0n) is 15.7. The average Bonchev–Trinajstić information content (AvgIpc) is 2.96. The Hall–Kier alpha value is -2.63. The molecular weight excluding hydrogens is 407 g/mol. The van der Waals surface area contributed by atoms with Crippen molar-refractivity contribution in [3.8, 4) is 11.4 Å². The van der Waals surface area contributed by atoms with Crippen LogP contribution in [0.3, 0.4) is 0 Å².